The lowest BCUT2D eigenvalue weighted by molar-refractivity contribution is -0.384. The first-order valence-electron chi connectivity index (χ1n) is 3.98. The van der Waals surface area contributed by atoms with Crippen molar-refractivity contribution in [2.75, 3.05) is 0 Å². The van der Waals surface area contributed by atoms with E-state index < -0.39 is 16.5 Å². The number of nitrogens with zero attached hydrogens (tertiary/aromatic N) is 2. The highest BCUT2D eigenvalue weighted by atomic mass is 16.6. The summed E-state index contributed by atoms with van der Waals surface area (Å²) in [6, 6.07) is 3.37. The van der Waals surface area contributed by atoms with Gasteiger partial charge in [-0.2, -0.15) is 5.26 Å². The molecular formula is C9H5N3O4. The van der Waals surface area contributed by atoms with Crippen molar-refractivity contribution in [2.24, 2.45) is 5.73 Å². The van der Waals surface area contributed by atoms with Gasteiger partial charge in [-0.25, -0.2) is 0 Å². The molecule has 0 aromatic heterocycles. The van der Waals surface area contributed by atoms with Crippen molar-refractivity contribution in [3.05, 3.63) is 38.9 Å². The van der Waals surface area contributed by atoms with E-state index in [0.29, 0.717) is 0 Å². The van der Waals surface area contributed by atoms with E-state index >= 15 is 0 Å². The van der Waals surface area contributed by atoms with E-state index in [9.17, 15) is 19.7 Å². The highest BCUT2D eigenvalue weighted by Crippen LogP contribution is 2.20. The van der Waals surface area contributed by atoms with Crippen molar-refractivity contribution in [1.29, 1.82) is 5.26 Å². The zero-order valence-corrected chi connectivity index (χ0v) is 7.84. The van der Waals surface area contributed by atoms with Crippen LogP contribution in [-0.2, 0) is 0 Å². The van der Waals surface area contributed by atoms with Crippen LogP contribution in [0, 0.1) is 21.4 Å². The number of amides is 1. The van der Waals surface area contributed by atoms with Gasteiger partial charge in [-0.05, 0) is 0 Å². The van der Waals surface area contributed by atoms with E-state index in [2.05, 4.69) is 0 Å². The maximum Gasteiger partial charge on any atom is 0.271 e. The number of carbonyl (C=O) groups is 2. The van der Waals surface area contributed by atoms with Crippen LogP contribution in [0.5, 0.6) is 0 Å². The summed E-state index contributed by atoms with van der Waals surface area (Å²) in [4.78, 5) is 31.3. The van der Waals surface area contributed by atoms with Crippen LogP contribution in [0.25, 0.3) is 0 Å². The van der Waals surface area contributed by atoms with E-state index in [4.69, 9.17) is 11.0 Å². The minimum atomic E-state index is -0.998. The van der Waals surface area contributed by atoms with Crippen LogP contribution in [0.15, 0.2) is 12.1 Å². The maximum atomic E-state index is 11.0. The molecule has 1 rings (SSSR count). The maximum absolute atomic E-state index is 11.0. The molecule has 16 heavy (non-hydrogen) atoms. The lowest BCUT2D eigenvalue weighted by atomic mass is 10.0. The van der Waals surface area contributed by atoms with Crippen molar-refractivity contribution in [3.8, 4) is 6.07 Å². The lowest BCUT2D eigenvalue weighted by Gasteiger charge is -2.02. The highest BCUT2D eigenvalue weighted by Gasteiger charge is 2.19. The van der Waals surface area contributed by atoms with Crippen LogP contribution in [0.3, 0.4) is 0 Å². The standard InChI is InChI=1S/C9H5N3O4/c10-3-5-1-6(12(15)16)2-7(9(11)14)8(5)4-13/h1-2,4H,(H2,11,14). The van der Waals surface area contributed by atoms with Gasteiger partial charge < -0.3 is 5.73 Å². The molecule has 1 aromatic rings. The second-order valence-electron chi connectivity index (χ2n) is 2.81. The Morgan fingerprint density at radius 1 is 1.56 bits per heavy atom. The largest absolute Gasteiger partial charge is 0.366 e. The molecule has 0 aliphatic heterocycles. The number of nitriles is 1. The summed E-state index contributed by atoms with van der Waals surface area (Å²) in [5.41, 5.74) is 3.67. The number of nitro benzene ring substituents is 1. The molecule has 0 spiro atoms. The molecule has 1 amide bonds. The SMILES string of the molecule is N#Cc1cc([N+](=O)[O-])cc(C(N)=O)c1C=O. The molecule has 0 unspecified atom stereocenters. The van der Waals surface area contributed by atoms with Gasteiger partial charge in [0.2, 0.25) is 5.91 Å². The predicted molar refractivity (Wildman–Crippen MR) is 51.7 cm³/mol. The molecular weight excluding hydrogens is 214 g/mol. The number of aldehydes is 1. The second-order valence-corrected chi connectivity index (χ2v) is 2.81. The van der Waals surface area contributed by atoms with Crippen LogP contribution in [0.1, 0.15) is 26.3 Å². The molecule has 80 valence electrons. The van der Waals surface area contributed by atoms with Crippen molar-refractivity contribution in [3.63, 3.8) is 0 Å². The summed E-state index contributed by atoms with van der Waals surface area (Å²) in [5.74, 6) is -0.998. The fourth-order valence-electron chi connectivity index (χ4n) is 1.17. The van der Waals surface area contributed by atoms with Crippen molar-refractivity contribution in [2.45, 2.75) is 0 Å². The molecule has 0 bridgehead atoms. The van der Waals surface area contributed by atoms with Gasteiger partial charge in [0.1, 0.15) is 6.07 Å². The van der Waals surface area contributed by atoms with Crippen molar-refractivity contribution in [1.82, 2.24) is 0 Å². The van der Waals surface area contributed by atoms with Crippen molar-refractivity contribution < 1.29 is 14.5 Å². The quantitative estimate of drug-likeness (QED) is 0.446. The lowest BCUT2D eigenvalue weighted by Crippen LogP contribution is -2.15. The fraction of sp³-hybridized carbons (Fsp3) is 0. The van der Waals surface area contributed by atoms with Crippen LogP contribution >= 0.6 is 0 Å². The van der Waals surface area contributed by atoms with Crippen LogP contribution < -0.4 is 5.73 Å². The van der Waals surface area contributed by atoms with Gasteiger partial charge >= 0.3 is 0 Å². The van der Waals surface area contributed by atoms with E-state index in [0.717, 1.165) is 12.1 Å². The number of non-ortho nitro benzene ring substituents is 1. The van der Waals surface area contributed by atoms with Crippen LogP contribution in [-0.4, -0.2) is 17.1 Å². The number of carbonyl (C=O) groups excluding carboxylic acids is 2. The normalized spacial score (nSPS) is 9.19. The smallest absolute Gasteiger partial charge is 0.271 e. The Hall–Kier alpha value is -2.75. The summed E-state index contributed by atoms with van der Waals surface area (Å²) >= 11 is 0. The average molecular weight is 219 g/mol. The van der Waals surface area contributed by atoms with Crippen LogP contribution in [0.4, 0.5) is 5.69 Å². The molecule has 0 radical (unpaired) electrons. The number of nitro groups is 1. The molecule has 0 heterocycles. The predicted octanol–water partition coefficient (Wildman–Crippen LogP) is 0.378. The zero-order valence-electron chi connectivity index (χ0n) is 7.84. The van der Waals surface area contributed by atoms with Gasteiger partial charge in [0.25, 0.3) is 5.69 Å². The minimum Gasteiger partial charge on any atom is -0.366 e. The summed E-state index contributed by atoms with van der Waals surface area (Å²) in [7, 11) is 0. The van der Waals surface area contributed by atoms with E-state index in [1.807, 2.05) is 0 Å². The Kier molecular flexibility index (Phi) is 2.96. The number of benzene rings is 1. The minimum absolute atomic E-state index is 0.236. The molecule has 0 aliphatic carbocycles. The van der Waals surface area contributed by atoms with Gasteiger partial charge in [0, 0.05) is 17.7 Å². The Morgan fingerprint density at radius 2 is 2.19 bits per heavy atom. The molecule has 0 aliphatic rings. The molecule has 7 nitrogen and oxygen atoms in total. The number of rotatable bonds is 3. The zero-order chi connectivity index (χ0) is 12.3. The Balaban J connectivity index is 3.64. The summed E-state index contributed by atoms with van der Waals surface area (Å²) in [6.07, 6.45) is 0.266. The van der Waals surface area contributed by atoms with Gasteiger partial charge in [-0.1, -0.05) is 0 Å². The molecule has 0 atom stereocenters. The summed E-state index contributed by atoms with van der Waals surface area (Å²) in [5, 5.41) is 19.2. The Morgan fingerprint density at radius 3 is 2.56 bits per heavy atom. The number of primary amides is 1. The van der Waals surface area contributed by atoms with E-state index in [-0.39, 0.29) is 23.0 Å². The summed E-state index contributed by atoms with van der Waals surface area (Å²) in [6.45, 7) is 0. The van der Waals surface area contributed by atoms with Crippen LogP contribution in [0.2, 0.25) is 0 Å². The number of hydrogen-bond acceptors (Lipinski definition) is 5. The molecule has 0 fully saturated rings. The van der Waals surface area contributed by atoms with Gasteiger partial charge in [-0.15, -0.1) is 0 Å². The highest BCUT2D eigenvalue weighted by molar-refractivity contribution is 6.02. The third-order valence-electron chi connectivity index (χ3n) is 1.88. The molecule has 0 saturated carbocycles. The Labute approximate surface area is 89.2 Å². The number of nitrogens with two attached hydrogens (primary N) is 1. The molecule has 1 aromatic carbocycles. The third kappa shape index (κ3) is 1.85. The fourth-order valence-corrected chi connectivity index (χ4v) is 1.17. The van der Waals surface area contributed by atoms with E-state index in [1.165, 1.54) is 0 Å². The average Bonchev–Trinajstić information content (AvgIpc) is 2.26. The monoisotopic (exact) mass is 219 g/mol. The number of hydrogen-bond donors (Lipinski definition) is 1. The second kappa shape index (κ2) is 4.18. The first kappa shape index (κ1) is 11.3. The molecule has 0 saturated heterocycles. The third-order valence-corrected chi connectivity index (χ3v) is 1.88. The van der Waals surface area contributed by atoms with Gasteiger partial charge in [0.05, 0.1) is 16.1 Å². The summed E-state index contributed by atoms with van der Waals surface area (Å²) < 4.78 is 0. The van der Waals surface area contributed by atoms with Gasteiger partial charge in [-0.3, -0.25) is 19.7 Å². The first-order valence-corrected chi connectivity index (χ1v) is 3.98. The van der Waals surface area contributed by atoms with Crippen molar-refractivity contribution >= 4 is 17.9 Å². The Bertz CT molecular complexity index is 530. The first-order chi connectivity index (χ1) is 7.51. The molecule has 7 heteroatoms. The van der Waals surface area contributed by atoms with Gasteiger partial charge in [0.15, 0.2) is 6.29 Å². The molecule has 2 N–H and O–H groups in total. The van der Waals surface area contributed by atoms with E-state index in [1.54, 1.807) is 6.07 Å². The topological polar surface area (TPSA) is 127 Å².